The van der Waals surface area contributed by atoms with Crippen LogP contribution < -0.4 is 15.0 Å². The molecule has 0 fully saturated rings. The van der Waals surface area contributed by atoms with Crippen LogP contribution in [0.25, 0.3) is 0 Å². The van der Waals surface area contributed by atoms with Gasteiger partial charge in [0.15, 0.2) is 0 Å². The third kappa shape index (κ3) is 4.57. The maximum atomic E-state index is 12.2. The van der Waals surface area contributed by atoms with Crippen molar-refractivity contribution in [2.45, 2.75) is 13.8 Å². The van der Waals surface area contributed by atoms with Crippen molar-refractivity contribution in [1.82, 2.24) is 0 Å². The van der Waals surface area contributed by atoms with Gasteiger partial charge in [-0.25, -0.2) is 0 Å². The van der Waals surface area contributed by atoms with Gasteiger partial charge in [-0.1, -0.05) is 12.1 Å². The van der Waals surface area contributed by atoms with E-state index in [4.69, 9.17) is 4.74 Å². The van der Waals surface area contributed by atoms with Crippen LogP contribution in [0.3, 0.4) is 0 Å². The molecule has 5 heteroatoms. The normalized spacial score (nSPS) is 10.0. The Balaban J connectivity index is 2.09. The van der Waals surface area contributed by atoms with Gasteiger partial charge in [0.25, 0.3) is 0 Å². The first-order valence-electron chi connectivity index (χ1n) is 7.28. The number of anilines is 2. The molecular formula is C18H20N2O3. The quantitative estimate of drug-likeness (QED) is 0.923. The Morgan fingerprint density at radius 2 is 1.83 bits per heavy atom. The lowest BCUT2D eigenvalue weighted by atomic mass is 10.2. The van der Waals surface area contributed by atoms with Crippen molar-refractivity contribution in [2.24, 2.45) is 0 Å². The lowest BCUT2D eigenvalue weighted by Crippen LogP contribution is -2.36. The molecule has 2 rings (SSSR count). The second-order valence-electron chi connectivity index (χ2n) is 5.22. The number of carbonyl (C=O) groups excluding carboxylic acids is 2. The van der Waals surface area contributed by atoms with Crippen molar-refractivity contribution in [3.05, 3.63) is 54.1 Å². The highest BCUT2D eigenvalue weighted by Crippen LogP contribution is 2.19. The molecule has 0 bridgehead atoms. The Labute approximate surface area is 135 Å². The zero-order valence-corrected chi connectivity index (χ0v) is 13.5. The van der Waals surface area contributed by atoms with Gasteiger partial charge < -0.3 is 15.0 Å². The summed E-state index contributed by atoms with van der Waals surface area (Å²) in [6, 6.07) is 14.5. The highest BCUT2D eigenvalue weighted by molar-refractivity contribution is 6.01. The van der Waals surface area contributed by atoms with E-state index in [1.807, 2.05) is 31.2 Å². The van der Waals surface area contributed by atoms with Crippen molar-refractivity contribution in [3.63, 3.8) is 0 Å². The van der Waals surface area contributed by atoms with Crippen LogP contribution in [0.15, 0.2) is 48.5 Å². The largest absolute Gasteiger partial charge is 0.497 e. The van der Waals surface area contributed by atoms with E-state index < -0.39 is 0 Å². The average molecular weight is 312 g/mol. The summed E-state index contributed by atoms with van der Waals surface area (Å²) in [6.07, 6.45) is 0. The smallest absolute Gasteiger partial charge is 0.244 e. The molecule has 0 aliphatic carbocycles. The molecular weight excluding hydrogens is 292 g/mol. The maximum Gasteiger partial charge on any atom is 0.244 e. The number of benzene rings is 2. The zero-order valence-electron chi connectivity index (χ0n) is 13.5. The second-order valence-corrected chi connectivity index (χ2v) is 5.22. The third-order valence-corrected chi connectivity index (χ3v) is 3.37. The number of ether oxygens (including phenoxy) is 1. The first kappa shape index (κ1) is 16.5. The second kappa shape index (κ2) is 7.45. The SMILES string of the molecule is COc1ccc(N(CC(=O)Nc2cccc(C)c2)C(C)=O)cc1. The molecule has 0 aromatic heterocycles. The third-order valence-electron chi connectivity index (χ3n) is 3.37. The summed E-state index contributed by atoms with van der Waals surface area (Å²) in [5.41, 5.74) is 2.42. The minimum Gasteiger partial charge on any atom is -0.497 e. The number of hydrogen-bond acceptors (Lipinski definition) is 3. The number of methoxy groups -OCH3 is 1. The van der Waals surface area contributed by atoms with E-state index in [0.29, 0.717) is 17.1 Å². The Morgan fingerprint density at radius 3 is 2.39 bits per heavy atom. The molecule has 0 saturated heterocycles. The van der Waals surface area contributed by atoms with Gasteiger partial charge in [-0.15, -0.1) is 0 Å². The average Bonchev–Trinajstić information content (AvgIpc) is 2.52. The van der Waals surface area contributed by atoms with E-state index in [9.17, 15) is 9.59 Å². The molecule has 2 aromatic carbocycles. The van der Waals surface area contributed by atoms with Crippen LogP contribution >= 0.6 is 0 Å². The minimum atomic E-state index is -0.249. The Hall–Kier alpha value is -2.82. The van der Waals surface area contributed by atoms with Gasteiger partial charge in [0, 0.05) is 18.3 Å². The molecule has 2 aromatic rings. The molecule has 5 nitrogen and oxygen atoms in total. The molecule has 1 N–H and O–H groups in total. The zero-order chi connectivity index (χ0) is 16.8. The summed E-state index contributed by atoms with van der Waals surface area (Å²) in [6.45, 7) is 3.34. The summed E-state index contributed by atoms with van der Waals surface area (Å²) < 4.78 is 5.10. The fourth-order valence-electron chi connectivity index (χ4n) is 2.21. The molecule has 0 radical (unpaired) electrons. The fourth-order valence-corrected chi connectivity index (χ4v) is 2.21. The van der Waals surface area contributed by atoms with E-state index >= 15 is 0 Å². The van der Waals surface area contributed by atoms with Crippen molar-refractivity contribution >= 4 is 23.2 Å². The van der Waals surface area contributed by atoms with Crippen LogP contribution in [-0.2, 0) is 9.59 Å². The van der Waals surface area contributed by atoms with Crippen LogP contribution in [0.1, 0.15) is 12.5 Å². The maximum absolute atomic E-state index is 12.2. The van der Waals surface area contributed by atoms with E-state index in [-0.39, 0.29) is 18.4 Å². The Morgan fingerprint density at radius 1 is 1.13 bits per heavy atom. The van der Waals surface area contributed by atoms with Gasteiger partial charge in [-0.05, 0) is 48.9 Å². The molecule has 0 spiro atoms. The first-order chi connectivity index (χ1) is 11.0. The number of hydrogen-bond donors (Lipinski definition) is 1. The van der Waals surface area contributed by atoms with Crippen molar-refractivity contribution in [3.8, 4) is 5.75 Å². The standard InChI is InChI=1S/C18H20N2O3/c1-13-5-4-6-15(11-13)19-18(22)12-20(14(2)21)16-7-9-17(23-3)10-8-16/h4-11H,12H2,1-3H3,(H,19,22). The molecule has 0 atom stereocenters. The van der Waals surface area contributed by atoms with Gasteiger partial charge >= 0.3 is 0 Å². The molecule has 23 heavy (non-hydrogen) atoms. The fraction of sp³-hybridized carbons (Fsp3) is 0.222. The number of amides is 2. The highest BCUT2D eigenvalue weighted by Gasteiger charge is 2.16. The number of nitrogens with zero attached hydrogens (tertiary/aromatic N) is 1. The van der Waals surface area contributed by atoms with Gasteiger partial charge in [0.05, 0.1) is 7.11 Å². The van der Waals surface area contributed by atoms with Gasteiger partial charge in [0.2, 0.25) is 11.8 Å². The molecule has 120 valence electrons. The molecule has 0 aliphatic heterocycles. The van der Waals surface area contributed by atoms with Crippen LogP contribution in [0, 0.1) is 6.92 Å². The molecule has 0 heterocycles. The summed E-state index contributed by atoms with van der Waals surface area (Å²) in [7, 11) is 1.58. The van der Waals surface area contributed by atoms with Crippen molar-refractivity contribution in [2.75, 3.05) is 23.9 Å². The van der Waals surface area contributed by atoms with Gasteiger partial charge in [-0.3, -0.25) is 9.59 Å². The molecule has 0 aliphatic rings. The van der Waals surface area contributed by atoms with E-state index in [1.165, 1.54) is 11.8 Å². The van der Waals surface area contributed by atoms with Crippen molar-refractivity contribution in [1.29, 1.82) is 0 Å². The molecule has 0 unspecified atom stereocenters. The summed E-state index contributed by atoms with van der Waals surface area (Å²) in [5, 5.41) is 2.80. The number of rotatable bonds is 5. The minimum absolute atomic E-state index is 0.0460. The highest BCUT2D eigenvalue weighted by atomic mass is 16.5. The lowest BCUT2D eigenvalue weighted by Gasteiger charge is -2.21. The molecule has 0 saturated carbocycles. The topological polar surface area (TPSA) is 58.6 Å². The predicted molar refractivity (Wildman–Crippen MR) is 90.8 cm³/mol. The van der Waals surface area contributed by atoms with Crippen LogP contribution in [0.2, 0.25) is 0 Å². The van der Waals surface area contributed by atoms with Crippen LogP contribution in [0.4, 0.5) is 11.4 Å². The lowest BCUT2D eigenvalue weighted by molar-refractivity contribution is -0.120. The van der Waals surface area contributed by atoms with Crippen molar-refractivity contribution < 1.29 is 14.3 Å². The Bertz CT molecular complexity index is 696. The first-order valence-corrected chi connectivity index (χ1v) is 7.28. The summed E-state index contributed by atoms with van der Waals surface area (Å²) in [4.78, 5) is 25.5. The van der Waals surface area contributed by atoms with Gasteiger partial charge in [0.1, 0.15) is 12.3 Å². The van der Waals surface area contributed by atoms with E-state index in [2.05, 4.69) is 5.32 Å². The monoisotopic (exact) mass is 312 g/mol. The molecule has 2 amide bonds. The van der Waals surface area contributed by atoms with Crippen LogP contribution in [-0.4, -0.2) is 25.5 Å². The number of nitrogens with one attached hydrogen (secondary N) is 1. The predicted octanol–water partition coefficient (Wildman–Crippen LogP) is 3.00. The number of carbonyl (C=O) groups is 2. The van der Waals surface area contributed by atoms with E-state index in [0.717, 1.165) is 5.56 Å². The van der Waals surface area contributed by atoms with Gasteiger partial charge in [-0.2, -0.15) is 0 Å². The van der Waals surface area contributed by atoms with E-state index in [1.54, 1.807) is 31.4 Å². The van der Waals surface area contributed by atoms with Crippen LogP contribution in [0.5, 0.6) is 5.75 Å². The Kier molecular flexibility index (Phi) is 5.36. The number of aryl methyl sites for hydroxylation is 1. The summed E-state index contributed by atoms with van der Waals surface area (Å²) >= 11 is 0. The summed E-state index contributed by atoms with van der Waals surface area (Å²) in [5.74, 6) is 0.248.